The van der Waals surface area contributed by atoms with Crippen molar-refractivity contribution in [3.05, 3.63) is 84.7 Å². The molecule has 43 heavy (non-hydrogen) atoms. The Morgan fingerprint density at radius 1 is 0.767 bits per heavy atom. The zero-order chi connectivity index (χ0) is 32.7. The van der Waals surface area contributed by atoms with Crippen molar-refractivity contribution in [2.45, 2.75) is 66.2 Å². The van der Waals surface area contributed by atoms with Crippen molar-refractivity contribution in [2.75, 3.05) is 20.3 Å². The molecule has 0 amide bonds. The molecule has 0 bridgehead atoms. The van der Waals surface area contributed by atoms with Gasteiger partial charge in [-0.1, -0.05) is 61.9 Å². The van der Waals surface area contributed by atoms with Crippen molar-refractivity contribution in [1.29, 1.82) is 0 Å². The molecule has 0 radical (unpaired) electrons. The average molecular weight is 616 g/mol. The molecule has 0 saturated carbocycles. The average Bonchev–Trinajstić information content (AvgIpc) is 2.99. The zero-order valence-electron chi connectivity index (χ0n) is 26.5. The standard InChI is InChI=1S/C19H24NO3.C7H8O3S.C7H14O2/c1-4-19(2,3)18(21)22-14-15-23-20-12-10-17(11-13-20)16-8-6-5-7-9-16;1-6-2-4-7(5-3-6)11(8,9)10;1-5-7(2,3)6(8)9-4/h5-13H,4,14-15H2,1-3H3;2-5H,1H3,(H,8,9,10);5H2,1-4H3/q+1;;/p-1. The Kier molecular flexibility index (Phi) is 15.1. The van der Waals surface area contributed by atoms with Crippen LogP contribution in [0.15, 0.2) is 84.0 Å². The zero-order valence-corrected chi connectivity index (χ0v) is 27.3. The molecule has 0 aliphatic carbocycles. The molecule has 3 rings (SSSR count). The van der Waals surface area contributed by atoms with E-state index in [1.165, 1.54) is 19.2 Å². The minimum absolute atomic E-state index is 0.134. The van der Waals surface area contributed by atoms with Crippen LogP contribution in [0.2, 0.25) is 0 Å². The normalized spacial score (nSPS) is 11.2. The smallest absolute Gasteiger partial charge is 0.311 e. The number of carbonyl (C=O) groups excluding carboxylic acids is 2. The summed E-state index contributed by atoms with van der Waals surface area (Å²) in [5.74, 6) is -0.321. The van der Waals surface area contributed by atoms with Gasteiger partial charge in [0.05, 0.1) is 22.8 Å². The minimum atomic E-state index is -4.27. The summed E-state index contributed by atoms with van der Waals surface area (Å²) < 4.78 is 42.6. The predicted octanol–water partition coefficient (Wildman–Crippen LogP) is 5.54. The van der Waals surface area contributed by atoms with Crippen LogP contribution in [0.3, 0.4) is 0 Å². The maximum absolute atomic E-state index is 11.8. The van der Waals surface area contributed by atoms with E-state index in [2.05, 4.69) is 16.9 Å². The number of carbonyl (C=O) groups is 2. The van der Waals surface area contributed by atoms with Crippen molar-refractivity contribution in [3.63, 3.8) is 0 Å². The summed E-state index contributed by atoms with van der Waals surface area (Å²) in [5.41, 5.74) is 2.47. The van der Waals surface area contributed by atoms with E-state index in [1.54, 1.807) is 16.9 Å². The maximum atomic E-state index is 11.8. The van der Waals surface area contributed by atoms with Gasteiger partial charge in [0, 0.05) is 16.9 Å². The van der Waals surface area contributed by atoms with Crippen LogP contribution in [0.4, 0.5) is 0 Å². The summed E-state index contributed by atoms with van der Waals surface area (Å²) in [6.45, 7) is 13.8. The minimum Gasteiger partial charge on any atom is -0.744 e. The molecule has 236 valence electrons. The van der Waals surface area contributed by atoms with Gasteiger partial charge >= 0.3 is 11.9 Å². The number of hydrogen-bond acceptors (Lipinski definition) is 8. The Hall–Kier alpha value is -3.76. The first-order valence-corrected chi connectivity index (χ1v) is 15.5. The van der Waals surface area contributed by atoms with Gasteiger partial charge in [-0.2, -0.15) is 0 Å². The van der Waals surface area contributed by atoms with E-state index < -0.39 is 15.5 Å². The number of hydrogen-bond donors (Lipinski definition) is 0. The number of nitrogens with zero attached hydrogens (tertiary/aromatic N) is 1. The van der Waals surface area contributed by atoms with Crippen molar-refractivity contribution in [3.8, 4) is 11.1 Å². The molecule has 0 N–H and O–H groups in total. The Labute approximate surface area is 256 Å². The fraction of sp³-hybridized carbons (Fsp3) is 0.424. The summed E-state index contributed by atoms with van der Waals surface area (Å²) in [6, 6.07) is 19.9. The third kappa shape index (κ3) is 13.4. The lowest BCUT2D eigenvalue weighted by molar-refractivity contribution is -0.891. The number of pyridine rings is 1. The Bertz CT molecular complexity index is 1370. The van der Waals surface area contributed by atoms with Crippen LogP contribution in [0, 0.1) is 17.8 Å². The number of methoxy groups -OCH3 is 1. The van der Waals surface area contributed by atoms with Crippen LogP contribution in [0.5, 0.6) is 0 Å². The van der Waals surface area contributed by atoms with Crippen LogP contribution in [-0.2, 0) is 29.2 Å². The van der Waals surface area contributed by atoms with Crippen LogP contribution in [0.1, 0.15) is 59.9 Å². The van der Waals surface area contributed by atoms with Crippen molar-refractivity contribution < 1.29 is 41.6 Å². The highest BCUT2D eigenvalue weighted by Gasteiger charge is 2.27. The van der Waals surface area contributed by atoms with E-state index in [0.717, 1.165) is 29.5 Å². The largest absolute Gasteiger partial charge is 0.744 e. The molecular formula is C33H45NO8S. The van der Waals surface area contributed by atoms with Gasteiger partial charge in [-0.05, 0) is 70.7 Å². The van der Waals surface area contributed by atoms with Gasteiger partial charge < -0.3 is 14.0 Å². The molecule has 1 heterocycles. The van der Waals surface area contributed by atoms with E-state index in [9.17, 15) is 22.6 Å². The number of esters is 2. The summed E-state index contributed by atoms with van der Waals surface area (Å²) in [6.07, 6.45) is 5.27. The molecule has 1 aromatic heterocycles. The lowest BCUT2D eigenvalue weighted by Crippen LogP contribution is -2.43. The second-order valence-electron chi connectivity index (χ2n) is 11.0. The third-order valence-corrected chi connectivity index (χ3v) is 7.68. The van der Waals surface area contributed by atoms with Crippen molar-refractivity contribution >= 4 is 22.1 Å². The topological polar surface area (TPSA) is 123 Å². The summed E-state index contributed by atoms with van der Waals surface area (Å²) in [7, 11) is -2.85. The molecular weight excluding hydrogens is 570 g/mol. The lowest BCUT2D eigenvalue weighted by Gasteiger charge is -2.19. The molecule has 0 spiro atoms. The first-order valence-electron chi connectivity index (χ1n) is 14.1. The second-order valence-corrected chi connectivity index (χ2v) is 12.4. The predicted molar refractivity (Wildman–Crippen MR) is 164 cm³/mol. The monoisotopic (exact) mass is 615 g/mol. The number of benzene rings is 2. The van der Waals surface area contributed by atoms with E-state index in [-0.39, 0.29) is 28.9 Å². The fourth-order valence-electron chi connectivity index (χ4n) is 3.06. The molecule has 0 fully saturated rings. The van der Waals surface area contributed by atoms with E-state index in [1.807, 2.05) is 91.2 Å². The molecule has 0 aliphatic rings. The van der Waals surface area contributed by atoms with Gasteiger partial charge in [-0.15, -0.1) is 0 Å². The Morgan fingerprint density at radius 3 is 1.70 bits per heavy atom. The van der Waals surface area contributed by atoms with Crippen molar-refractivity contribution in [2.24, 2.45) is 10.8 Å². The Morgan fingerprint density at radius 2 is 1.26 bits per heavy atom. The van der Waals surface area contributed by atoms with Crippen LogP contribution < -0.4 is 9.57 Å². The second kappa shape index (κ2) is 17.4. The van der Waals surface area contributed by atoms with Gasteiger partial charge in [-0.25, -0.2) is 8.42 Å². The SMILES string of the molecule is CCC(C)(C)C(=O)OC.CCC(C)(C)C(=O)OCCO[n+]1ccc(-c2ccccc2)cc1.Cc1ccc(S(=O)(=O)[O-])cc1. The van der Waals surface area contributed by atoms with E-state index in [0.29, 0.717) is 6.61 Å². The molecule has 0 atom stereocenters. The van der Waals surface area contributed by atoms with E-state index in [4.69, 9.17) is 9.57 Å². The van der Waals surface area contributed by atoms with E-state index >= 15 is 0 Å². The van der Waals surface area contributed by atoms with Crippen LogP contribution in [0.25, 0.3) is 11.1 Å². The molecule has 0 saturated heterocycles. The molecule has 9 nitrogen and oxygen atoms in total. The van der Waals surface area contributed by atoms with Gasteiger partial charge in [0.15, 0.2) is 6.61 Å². The molecule has 3 aromatic rings. The number of aromatic nitrogens is 1. The van der Waals surface area contributed by atoms with Crippen molar-refractivity contribution in [1.82, 2.24) is 0 Å². The summed E-state index contributed by atoms with van der Waals surface area (Å²) in [5, 5.41) is 0. The lowest BCUT2D eigenvalue weighted by atomic mass is 9.91. The molecule has 10 heteroatoms. The first-order chi connectivity index (χ1) is 20.1. The van der Waals surface area contributed by atoms with Crippen LogP contribution >= 0.6 is 0 Å². The molecule has 0 unspecified atom stereocenters. The maximum Gasteiger partial charge on any atom is 0.311 e. The Balaban J connectivity index is 0.000000382. The highest BCUT2D eigenvalue weighted by atomic mass is 32.2. The number of aryl methyl sites for hydroxylation is 1. The third-order valence-electron chi connectivity index (χ3n) is 6.83. The summed E-state index contributed by atoms with van der Waals surface area (Å²) in [4.78, 5) is 28.0. The highest BCUT2D eigenvalue weighted by molar-refractivity contribution is 7.85. The quantitative estimate of drug-likeness (QED) is 0.126. The highest BCUT2D eigenvalue weighted by Crippen LogP contribution is 2.21. The molecule has 0 aliphatic heterocycles. The number of ether oxygens (including phenoxy) is 2. The van der Waals surface area contributed by atoms with Gasteiger partial charge in [-0.3, -0.25) is 14.4 Å². The van der Waals surface area contributed by atoms with Gasteiger partial charge in [0.25, 0.3) is 0 Å². The number of rotatable bonds is 10. The molecule has 2 aromatic carbocycles. The summed E-state index contributed by atoms with van der Waals surface area (Å²) >= 11 is 0. The van der Waals surface area contributed by atoms with Gasteiger partial charge in [0.1, 0.15) is 16.7 Å². The fourth-order valence-corrected chi connectivity index (χ4v) is 3.53. The van der Waals surface area contributed by atoms with Crippen LogP contribution in [-0.4, -0.2) is 45.2 Å². The first kappa shape index (κ1) is 37.3. The van der Waals surface area contributed by atoms with Gasteiger partial charge in [0.2, 0.25) is 12.4 Å².